The molecule has 0 aromatic carbocycles. The topological polar surface area (TPSA) is 60.6 Å². The lowest BCUT2D eigenvalue weighted by Crippen LogP contribution is -2.55. The van der Waals surface area contributed by atoms with Crippen LogP contribution < -0.4 is 0 Å². The van der Waals surface area contributed by atoms with E-state index in [0.717, 1.165) is 25.9 Å². The Balaban J connectivity index is 1.78. The van der Waals surface area contributed by atoms with Crippen LogP contribution in [0.25, 0.3) is 0 Å². The fourth-order valence-corrected chi connectivity index (χ4v) is 4.33. The molecule has 2 heterocycles. The van der Waals surface area contributed by atoms with Crippen molar-refractivity contribution >= 4 is 17.6 Å². The summed E-state index contributed by atoms with van der Waals surface area (Å²) in [6.07, 6.45) is 4.28. The molecule has 0 radical (unpaired) electrons. The third-order valence-electron chi connectivity index (χ3n) is 5.63. The van der Waals surface area contributed by atoms with Crippen LogP contribution in [0.2, 0.25) is 0 Å². The lowest BCUT2D eigenvalue weighted by Gasteiger charge is -2.42. The molecule has 0 aromatic rings. The second kappa shape index (κ2) is 6.60. The average Bonchev–Trinajstić information content (AvgIpc) is 3.45. The molecule has 3 fully saturated rings. The molecule has 6 atom stereocenters. The first-order valence-corrected chi connectivity index (χ1v) is 9.13. The molecular weight excluding hydrogens is 332 g/mol. The van der Waals surface area contributed by atoms with Gasteiger partial charge in [0.2, 0.25) is 0 Å². The number of ether oxygens (including phenoxy) is 4. The fraction of sp³-hybridized carbons (Fsp3) is 0.833. The summed E-state index contributed by atoms with van der Waals surface area (Å²) in [6, 6.07) is 0. The summed E-state index contributed by atoms with van der Waals surface area (Å²) in [5.41, 5.74) is 0.778. The second-order valence-electron chi connectivity index (χ2n) is 7.54. The van der Waals surface area contributed by atoms with Crippen LogP contribution in [0.5, 0.6) is 0 Å². The van der Waals surface area contributed by atoms with E-state index in [1.165, 1.54) is 5.57 Å². The van der Waals surface area contributed by atoms with Gasteiger partial charge in [-0.3, -0.25) is 4.79 Å². The number of rotatable bonds is 6. The maximum absolute atomic E-state index is 11.7. The first-order valence-electron chi connectivity index (χ1n) is 8.59. The minimum atomic E-state index is -0.405. The van der Waals surface area contributed by atoms with Gasteiger partial charge in [-0.2, -0.15) is 0 Å². The number of hydrogen-bond acceptors (Lipinski definition) is 5. The summed E-state index contributed by atoms with van der Waals surface area (Å²) < 4.78 is 23.3. The highest BCUT2D eigenvalue weighted by Crippen LogP contribution is 2.59. The van der Waals surface area contributed by atoms with Gasteiger partial charge in [0, 0.05) is 7.11 Å². The molecule has 1 saturated carbocycles. The number of methoxy groups -OCH3 is 1. The summed E-state index contributed by atoms with van der Waals surface area (Å²) in [6.45, 7) is 7.03. The van der Waals surface area contributed by atoms with Crippen LogP contribution in [0.1, 0.15) is 40.0 Å². The van der Waals surface area contributed by atoms with Crippen molar-refractivity contribution in [3.05, 3.63) is 11.6 Å². The molecule has 1 spiro atoms. The Labute approximate surface area is 148 Å². The van der Waals surface area contributed by atoms with Crippen molar-refractivity contribution in [3.63, 3.8) is 0 Å². The molecule has 6 heteroatoms. The zero-order chi connectivity index (χ0) is 17.5. The van der Waals surface area contributed by atoms with Gasteiger partial charge in [0.15, 0.2) is 0 Å². The van der Waals surface area contributed by atoms with Gasteiger partial charge in [0.05, 0.1) is 18.6 Å². The van der Waals surface area contributed by atoms with Crippen molar-refractivity contribution in [1.29, 1.82) is 0 Å². The molecule has 136 valence electrons. The Morgan fingerprint density at radius 1 is 1.42 bits per heavy atom. The summed E-state index contributed by atoms with van der Waals surface area (Å²) in [5, 5.41) is 0. The van der Waals surface area contributed by atoms with Crippen molar-refractivity contribution in [2.75, 3.05) is 19.6 Å². The first-order chi connectivity index (χ1) is 11.4. The summed E-state index contributed by atoms with van der Waals surface area (Å²) in [4.78, 5) is 11.7. The molecule has 1 aliphatic carbocycles. The number of carbonyl (C=O) groups excluding carboxylic acids is 1. The average molecular weight is 359 g/mol. The zero-order valence-corrected chi connectivity index (χ0v) is 15.6. The monoisotopic (exact) mass is 358 g/mol. The van der Waals surface area contributed by atoms with Crippen molar-refractivity contribution in [2.45, 2.75) is 69.5 Å². The van der Waals surface area contributed by atoms with E-state index in [4.69, 9.17) is 30.5 Å². The van der Waals surface area contributed by atoms with Gasteiger partial charge in [-0.15, -0.1) is 11.6 Å². The number of halogens is 1. The number of epoxide rings is 2. The highest BCUT2D eigenvalue weighted by Gasteiger charge is 2.72. The molecule has 0 aromatic heterocycles. The van der Waals surface area contributed by atoms with Gasteiger partial charge in [0.25, 0.3) is 0 Å². The van der Waals surface area contributed by atoms with Crippen molar-refractivity contribution < 1.29 is 23.7 Å². The van der Waals surface area contributed by atoms with Crippen LogP contribution in [0.3, 0.4) is 0 Å². The molecule has 3 rings (SSSR count). The molecule has 6 unspecified atom stereocenters. The minimum absolute atomic E-state index is 0.0486. The van der Waals surface area contributed by atoms with Gasteiger partial charge >= 0.3 is 5.97 Å². The second-order valence-corrected chi connectivity index (χ2v) is 7.81. The Hall–Kier alpha value is -0.620. The van der Waals surface area contributed by atoms with Crippen LogP contribution >= 0.6 is 11.6 Å². The lowest BCUT2D eigenvalue weighted by molar-refractivity contribution is -0.169. The number of carbonyl (C=O) groups is 1. The standard InChI is InChI=1S/C18H27ClO5/c1-11(2)5-6-13-17(3,24-13)16-15(21-4)12(23-14(20)9-19)7-8-18(16)10-22-18/h5,12-13,15-16H,6-10H2,1-4H3. The lowest BCUT2D eigenvalue weighted by atomic mass is 9.68. The van der Waals surface area contributed by atoms with Gasteiger partial charge in [0.1, 0.15) is 29.3 Å². The Morgan fingerprint density at radius 2 is 2.12 bits per heavy atom. The molecule has 0 bridgehead atoms. The van der Waals surface area contributed by atoms with Crippen molar-refractivity contribution in [2.24, 2.45) is 5.92 Å². The zero-order valence-electron chi connectivity index (χ0n) is 14.8. The predicted molar refractivity (Wildman–Crippen MR) is 90.1 cm³/mol. The smallest absolute Gasteiger partial charge is 0.321 e. The fourth-order valence-electron chi connectivity index (χ4n) is 4.27. The number of esters is 1. The molecule has 2 aliphatic heterocycles. The molecule has 24 heavy (non-hydrogen) atoms. The van der Waals surface area contributed by atoms with E-state index < -0.39 is 5.97 Å². The minimum Gasteiger partial charge on any atom is -0.459 e. The number of hydrogen-bond donors (Lipinski definition) is 0. The molecule has 2 saturated heterocycles. The predicted octanol–water partition coefficient (Wildman–Crippen LogP) is 2.84. The van der Waals surface area contributed by atoms with Gasteiger partial charge in [-0.25, -0.2) is 0 Å². The maximum Gasteiger partial charge on any atom is 0.321 e. The highest BCUT2D eigenvalue weighted by molar-refractivity contribution is 6.26. The SMILES string of the molecule is COC1C(OC(=O)CCl)CCC2(CO2)C1C1(C)OC1CC=C(C)C. The van der Waals surface area contributed by atoms with Gasteiger partial charge in [-0.1, -0.05) is 11.6 Å². The van der Waals surface area contributed by atoms with Crippen LogP contribution in [-0.4, -0.2) is 55.1 Å². The normalized spacial score (nSPS) is 43.4. The summed E-state index contributed by atoms with van der Waals surface area (Å²) in [5.74, 6) is -0.499. The first kappa shape index (κ1) is 18.2. The maximum atomic E-state index is 11.7. The van der Waals surface area contributed by atoms with E-state index >= 15 is 0 Å². The summed E-state index contributed by atoms with van der Waals surface area (Å²) in [7, 11) is 1.66. The molecule has 5 nitrogen and oxygen atoms in total. The Morgan fingerprint density at radius 3 is 2.67 bits per heavy atom. The van der Waals surface area contributed by atoms with E-state index in [1.54, 1.807) is 7.11 Å². The van der Waals surface area contributed by atoms with Crippen LogP contribution in [0.4, 0.5) is 0 Å². The van der Waals surface area contributed by atoms with Crippen LogP contribution in [0, 0.1) is 5.92 Å². The highest BCUT2D eigenvalue weighted by atomic mass is 35.5. The van der Waals surface area contributed by atoms with E-state index in [1.807, 2.05) is 0 Å². The Kier molecular flexibility index (Phi) is 5.00. The van der Waals surface area contributed by atoms with Gasteiger partial charge < -0.3 is 18.9 Å². The molecular formula is C18H27ClO5. The third kappa shape index (κ3) is 3.24. The van der Waals surface area contributed by atoms with Crippen molar-refractivity contribution in [3.8, 4) is 0 Å². The largest absolute Gasteiger partial charge is 0.459 e. The van der Waals surface area contributed by atoms with Crippen LogP contribution in [0.15, 0.2) is 11.6 Å². The van der Waals surface area contributed by atoms with E-state index in [2.05, 4.69) is 26.8 Å². The van der Waals surface area contributed by atoms with Crippen LogP contribution in [-0.2, 0) is 23.7 Å². The number of alkyl halides is 1. The van der Waals surface area contributed by atoms with E-state index in [0.29, 0.717) is 0 Å². The van der Waals surface area contributed by atoms with Crippen molar-refractivity contribution in [1.82, 2.24) is 0 Å². The molecule has 0 N–H and O–H groups in total. The van der Waals surface area contributed by atoms with E-state index in [9.17, 15) is 4.79 Å². The summed E-state index contributed by atoms with van der Waals surface area (Å²) >= 11 is 5.59. The molecule has 3 aliphatic rings. The Bertz CT molecular complexity index is 526. The van der Waals surface area contributed by atoms with Gasteiger partial charge in [-0.05, 0) is 40.0 Å². The quantitative estimate of drug-likeness (QED) is 0.316. The third-order valence-corrected chi connectivity index (χ3v) is 5.85. The number of allylic oxidation sites excluding steroid dienone is 1. The molecule has 0 amide bonds. The van der Waals surface area contributed by atoms with E-state index in [-0.39, 0.29) is 41.3 Å².